The van der Waals surface area contributed by atoms with Crippen LogP contribution >= 0.6 is 27.3 Å². The van der Waals surface area contributed by atoms with Gasteiger partial charge in [-0.2, -0.15) is 0 Å². The lowest BCUT2D eigenvalue weighted by Gasteiger charge is -2.10. The molecule has 17 heavy (non-hydrogen) atoms. The zero-order chi connectivity index (χ0) is 12.3. The van der Waals surface area contributed by atoms with Crippen molar-refractivity contribution in [3.05, 3.63) is 56.2 Å². The van der Waals surface area contributed by atoms with Crippen molar-refractivity contribution in [3.63, 3.8) is 0 Å². The number of aliphatic hydroxyl groups is 1. The number of aliphatic hydroxyl groups excluding tert-OH is 1. The molecule has 0 aliphatic carbocycles. The Morgan fingerprint density at radius 3 is 2.76 bits per heavy atom. The van der Waals surface area contributed by atoms with E-state index in [1.807, 2.05) is 24.3 Å². The number of thiophene rings is 1. The molecule has 0 aliphatic heterocycles. The van der Waals surface area contributed by atoms with E-state index in [0.717, 1.165) is 27.1 Å². The van der Waals surface area contributed by atoms with Gasteiger partial charge in [0.2, 0.25) is 0 Å². The Morgan fingerprint density at radius 1 is 1.29 bits per heavy atom. The highest BCUT2D eigenvalue weighted by atomic mass is 79.9. The van der Waals surface area contributed by atoms with Crippen molar-refractivity contribution in [2.24, 2.45) is 0 Å². The molecule has 0 saturated heterocycles. The molecule has 0 amide bonds. The highest BCUT2D eigenvalue weighted by Crippen LogP contribution is 2.31. The number of rotatable bonds is 4. The summed E-state index contributed by atoms with van der Waals surface area (Å²) in [6.45, 7) is 2.17. The first-order valence-electron chi connectivity index (χ1n) is 5.73. The molecular weight excluding hydrogens is 296 g/mol. The van der Waals surface area contributed by atoms with Gasteiger partial charge in [-0.05, 0) is 45.6 Å². The first-order chi connectivity index (χ1) is 8.20. The third-order valence-electron chi connectivity index (χ3n) is 2.67. The molecule has 1 nitrogen and oxygen atoms in total. The molecule has 1 heterocycles. The molecule has 1 aromatic heterocycles. The number of benzene rings is 1. The van der Waals surface area contributed by atoms with Gasteiger partial charge in [-0.3, -0.25) is 0 Å². The molecule has 0 aliphatic rings. The Morgan fingerprint density at radius 2 is 2.12 bits per heavy atom. The highest BCUT2D eigenvalue weighted by molar-refractivity contribution is 9.11. The maximum atomic E-state index is 10.3. The summed E-state index contributed by atoms with van der Waals surface area (Å²) in [4.78, 5) is 0.977. The fourth-order valence-corrected chi connectivity index (χ4v) is 3.28. The highest BCUT2D eigenvalue weighted by Gasteiger charge is 2.12. The fraction of sp³-hybridized carbons (Fsp3) is 0.286. The van der Waals surface area contributed by atoms with Crippen molar-refractivity contribution < 1.29 is 5.11 Å². The van der Waals surface area contributed by atoms with Gasteiger partial charge >= 0.3 is 0 Å². The Labute approximate surface area is 114 Å². The molecule has 1 N–H and O–H groups in total. The summed E-state index contributed by atoms with van der Waals surface area (Å²) in [7, 11) is 0. The third-order valence-corrected chi connectivity index (χ3v) is 4.35. The number of aryl methyl sites for hydroxylation is 1. The molecule has 0 radical (unpaired) electrons. The van der Waals surface area contributed by atoms with Crippen LogP contribution in [0.5, 0.6) is 0 Å². The van der Waals surface area contributed by atoms with Gasteiger partial charge in [-0.15, -0.1) is 11.3 Å². The lowest BCUT2D eigenvalue weighted by Crippen LogP contribution is -1.98. The molecule has 0 spiro atoms. The molecule has 2 aromatic rings. The van der Waals surface area contributed by atoms with Gasteiger partial charge in [-0.25, -0.2) is 0 Å². The molecule has 1 aromatic carbocycles. The zero-order valence-electron chi connectivity index (χ0n) is 9.69. The van der Waals surface area contributed by atoms with Crippen LogP contribution in [0.2, 0.25) is 0 Å². The van der Waals surface area contributed by atoms with Crippen LogP contribution in [-0.2, 0) is 6.42 Å². The number of hydrogen-bond acceptors (Lipinski definition) is 2. The molecule has 3 heteroatoms. The first-order valence-corrected chi connectivity index (χ1v) is 7.33. The van der Waals surface area contributed by atoms with Crippen molar-refractivity contribution >= 4 is 27.3 Å². The van der Waals surface area contributed by atoms with Gasteiger partial charge < -0.3 is 5.11 Å². The monoisotopic (exact) mass is 310 g/mol. The second-order valence-electron chi connectivity index (χ2n) is 4.04. The maximum absolute atomic E-state index is 10.3. The average molecular weight is 311 g/mol. The molecule has 90 valence electrons. The SMILES string of the molecule is CCCc1cccc(C(O)c2ccc(Br)s2)c1. The van der Waals surface area contributed by atoms with Crippen LogP contribution in [0.1, 0.15) is 35.5 Å². The fourth-order valence-electron chi connectivity index (χ4n) is 1.85. The van der Waals surface area contributed by atoms with E-state index in [1.54, 1.807) is 11.3 Å². The van der Waals surface area contributed by atoms with E-state index in [1.165, 1.54) is 5.56 Å². The normalized spacial score (nSPS) is 12.6. The van der Waals surface area contributed by atoms with E-state index in [9.17, 15) is 5.11 Å². The Hall–Kier alpha value is -0.640. The largest absolute Gasteiger partial charge is 0.383 e. The smallest absolute Gasteiger partial charge is 0.113 e. The second kappa shape index (κ2) is 5.80. The molecular formula is C14H15BrOS. The van der Waals surface area contributed by atoms with Gasteiger partial charge in [0.05, 0.1) is 3.79 Å². The predicted octanol–water partition coefficient (Wildman–Crippen LogP) is 4.54. The van der Waals surface area contributed by atoms with Crippen molar-refractivity contribution in [3.8, 4) is 0 Å². The van der Waals surface area contributed by atoms with Crippen molar-refractivity contribution in [2.45, 2.75) is 25.9 Å². The third kappa shape index (κ3) is 3.18. The van der Waals surface area contributed by atoms with Gasteiger partial charge in [0.15, 0.2) is 0 Å². The zero-order valence-corrected chi connectivity index (χ0v) is 12.1. The van der Waals surface area contributed by atoms with Crippen LogP contribution in [-0.4, -0.2) is 5.11 Å². The van der Waals surface area contributed by atoms with Crippen LogP contribution in [0.15, 0.2) is 40.2 Å². The van der Waals surface area contributed by atoms with Crippen LogP contribution < -0.4 is 0 Å². The van der Waals surface area contributed by atoms with Crippen molar-refractivity contribution in [2.75, 3.05) is 0 Å². The minimum absolute atomic E-state index is 0.511. The van der Waals surface area contributed by atoms with Crippen LogP contribution in [0.3, 0.4) is 0 Å². The second-order valence-corrected chi connectivity index (χ2v) is 6.53. The average Bonchev–Trinajstić information content (AvgIpc) is 2.76. The summed E-state index contributed by atoms with van der Waals surface area (Å²) in [5.74, 6) is 0. The number of halogens is 1. The van der Waals surface area contributed by atoms with Crippen LogP contribution in [0, 0.1) is 0 Å². The molecule has 0 fully saturated rings. The van der Waals surface area contributed by atoms with Crippen LogP contribution in [0.25, 0.3) is 0 Å². The quantitative estimate of drug-likeness (QED) is 0.878. The van der Waals surface area contributed by atoms with Gasteiger partial charge in [0.25, 0.3) is 0 Å². The summed E-state index contributed by atoms with van der Waals surface area (Å²) >= 11 is 5.00. The van der Waals surface area contributed by atoms with E-state index in [-0.39, 0.29) is 0 Å². The molecule has 1 atom stereocenters. The first kappa shape index (κ1) is 12.8. The molecule has 0 saturated carbocycles. The summed E-state index contributed by atoms with van der Waals surface area (Å²) in [5.41, 5.74) is 2.27. The lowest BCUT2D eigenvalue weighted by atomic mass is 10.0. The van der Waals surface area contributed by atoms with Crippen molar-refractivity contribution in [1.82, 2.24) is 0 Å². The van der Waals surface area contributed by atoms with E-state index in [0.29, 0.717) is 0 Å². The maximum Gasteiger partial charge on any atom is 0.113 e. The van der Waals surface area contributed by atoms with Gasteiger partial charge in [0, 0.05) is 4.88 Å². The minimum Gasteiger partial charge on any atom is -0.383 e. The molecule has 2 rings (SSSR count). The summed E-state index contributed by atoms with van der Waals surface area (Å²) in [6.07, 6.45) is 1.68. The van der Waals surface area contributed by atoms with Gasteiger partial charge in [-0.1, -0.05) is 37.6 Å². The topological polar surface area (TPSA) is 20.2 Å². The Bertz CT molecular complexity index is 492. The standard InChI is InChI=1S/C14H15BrOS/c1-2-4-10-5-3-6-11(9-10)14(16)12-7-8-13(15)17-12/h3,5-9,14,16H,2,4H2,1H3. The van der Waals surface area contributed by atoms with Crippen molar-refractivity contribution in [1.29, 1.82) is 0 Å². The summed E-state index contributed by atoms with van der Waals surface area (Å²) < 4.78 is 1.05. The number of hydrogen-bond donors (Lipinski definition) is 1. The molecule has 1 unspecified atom stereocenters. The van der Waals surface area contributed by atoms with E-state index >= 15 is 0 Å². The van der Waals surface area contributed by atoms with Crippen LogP contribution in [0.4, 0.5) is 0 Å². The van der Waals surface area contributed by atoms with E-state index < -0.39 is 6.10 Å². The summed E-state index contributed by atoms with van der Waals surface area (Å²) in [5, 5.41) is 10.3. The lowest BCUT2D eigenvalue weighted by molar-refractivity contribution is 0.224. The molecule has 0 bridgehead atoms. The Balaban J connectivity index is 2.24. The predicted molar refractivity (Wildman–Crippen MR) is 76.5 cm³/mol. The summed E-state index contributed by atoms with van der Waals surface area (Å²) in [6, 6.07) is 12.2. The Kier molecular flexibility index (Phi) is 4.37. The van der Waals surface area contributed by atoms with Gasteiger partial charge in [0.1, 0.15) is 6.10 Å². The van der Waals surface area contributed by atoms with E-state index in [2.05, 4.69) is 35.0 Å². The van der Waals surface area contributed by atoms with E-state index in [4.69, 9.17) is 0 Å². The minimum atomic E-state index is -0.511.